The highest BCUT2D eigenvalue weighted by molar-refractivity contribution is 5.92. The molecule has 4 nitrogen and oxygen atoms in total. The molecule has 1 aliphatic carbocycles. The Bertz CT molecular complexity index is 555. The minimum absolute atomic E-state index is 0.298. The first kappa shape index (κ1) is 16.5. The SMILES string of the molecule is CCCCC(NC(=O)C1(c2cccc(F)c2)CCC1)C(=O)O. The van der Waals surface area contributed by atoms with Gasteiger partial charge in [0.2, 0.25) is 5.91 Å². The van der Waals surface area contributed by atoms with E-state index in [0.29, 0.717) is 24.8 Å². The Balaban J connectivity index is 2.16. The number of hydrogen-bond acceptors (Lipinski definition) is 2. The van der Waals surface area contributed by atoms with E-state index in [1.807, 2.05) is 6.92 Å². The predicted molar refractivity (Wildman–Crippen MR) is 81.0 cm³/mol. The van der Waals surface area contributed by atoms with Crippen molar-refractivity contribution in [2.45, 2.75) is 56.9 Å². The lowest BCUT2D eigenvalue weighted by molar-refractivity contribution is -0.143. The topological polar surface area (TPSA) is 66.4 Å². The Labute approximate surface area is 129 Å². The zero-order valence-electron chi connectivity index (χ0n) is 12.8. The summed E-state index contributed by atoms with van der Waals surface area (Å²) in [5, 5.41) is 11.9. The van der Waals surface area contributed by atoms with Gasteiger partial charge in [0.15, 0.2) is 0 Å². The molecule has 0 aromatic heterocycles. The molecule has 0 saturated heterocycles. The minimum Gasteiger partial charge on any atom is -0.480 e. The molecule has 1 aromatic rings. The summed E-state index contributed by atoms with van der Waals surface area (Å²) in [5.74, 6) is -1.69. The summed E-state index contributed by atoms with van der Waals surface area (Å²) in [6, 6.07) is 5.17. The van der Waals surface area contributed by atoms with E-state index in [4.69, 9.17) is 0 Å². The third kappa shape index (κ3) is 3.29. The molecule has 22 heavy (non-hydrogen) atoms. The molecular weight excluding hydrogens is 285 g/mol. The maximum Gasteiger partial charge on any atom is 0.326 e. The summed E-state index contributed by atoms with van der Waals surface area (Å²) < 4.78 is 13.5. The quantitative estimate of drug-likeness (QED) is 0.814. The van der Waals surface area contributed by atoms with Gasteiger partial charge in [0.1, 0.15) is 11.9 Å². The third-order valence-electron chi connectivity index (χ3n) is 4.47. The normalized spacial score (nSPS) is 17.4. The van der Waals surface area contributed by atoms with E-state index >= 15 is 0 Å². The van der Waals surface area contributed by atoms with Crippen LogP contribution >= 0.6 is 0 Å². The fourth-order valence-electron chi connectivity index (χ4n) is 2.93. The highest BCUT2D eigenvalue weighted by Crippen LogP contribution is 2.44. The van der Waals surface area contributed by atoms with Crippen LogP contribution in [0.1, 0.15) is 51.0 Å². The van der Waals surface area contributed by atoms with Crippen molar-refractivity contribution in [1.29, 1.82) is 0 Å². The van der Waals surface area contributed by atoms with Gasteiger partial charge in [-0.3, -0.25) is 4.79 Å². The average molecular weight is 307 g/mol. The zero-order chi connectivity index (χ0) is 16.2. The lowest BCUT2D eigenvalue weighted by Gasteiger charge is -2.41. The summed E-state index contributed by atoms with van der Waals surface area (Å²) >= 11 is 0. The number of amides is 1. The molecule has 0 spiro atoms. The van der Waals surface area contributed by atoms with Crippen LogP contribution in [0.5, 0.6) is 0 Å². The monoisotopic (exact) mass is 307 g/mol. The number of nitrogens with one attached hydrogen (secondary N) is 1. The summed E-state index contributed by atoms with van der Waals surface area (Å²) in [6.45, 7) is 1.97. The molecule has 0 heterocycles. The number of carboxylic acids is 1. The van der Waals surface area contributed by atoms with Crippen LogP contribution in [0.3, 0.4) is 0 Å². The number of rotatable bonds is 7. The van der Waals surface area contributed by atoms with Crippen LogP contribution in [-0.4, -0.2) is 23.0 Å². The fourth-order valence-corrected chi connectivity index (χ4v) is 2.93. The van der Waals surface area contributed by atoms with Crippen molar-refractivity contribution in [3.05, 3.63) is 35.6 Å². The lowest BCUT2D eigenvalue weighted by Crippen LogP contribution is -2.53. The predicted octanol–water partition coefficient (Wildman–Crippen LogP) is 3.01. The number of hydrogen-bond donors (Lipinski definition) is 2. The van der Waals surface area contributed by atoms with Crippen molar-refractivity contribution in [2.75, 3.05) is 0 Å². The van der Waals surface area contributed by atoms with Gasteiger partial charge in [-0.1, -0.05) is 38.3 Å². The molecule has 1 amide bonds. The Kier molecular flexibility index (Phi) is 5.16. The molecule has 1 aliphatic rings. The first-order valence-electron chi connectivity index (χ1n) is 7.79. The average Bonchev–Trinajstić information content (AvgIpc) is 2.42. The van der Waals surface area contributed by atoms with E-state index in [2.05, 4.69) is 5.32 Å². The van der Waals surface area contributed by atoms with E-state index in [1.165, 1.54) is 12.1 Å². The Hall–Kier alpha value is -1.91. The number of carbonyl (C=O) groups is 2. The molecule has 0 aliphatic heterocycles. The molecule has 5 heteroatoms. The molecule has 1 atom stereocenters. The van der Waals surface area contributed by atoms with Gasteiger partial charge in [-0.2, -0.15) is 0 Å². The van der Waals surface area contributed by atoms with Gasteiger partial charge in [0.05, 0.1) is 5.41 Å². The second-order valence-electron chi connectivity index (χ2n) is 5.95. The van der Waals surface area contributed by atoms with Gasteiger partial charge in [-0.25, -0.2) is 9.18 Å². The Morgan fingerprint density at radius 2 is 2.14 bits per heavy atom. The highest BCUT2D eigenvalue weighted by atomic mass is 19.1. The summed E-state index contributed by atoms with van der Waals surface area (Å²) in [5.41, 5.74) is -0.141. The highest BCUT2D eigenvalue weighted by Gasteiger charge is 2.46. The van der Waals surface area contributed by atoms with Crippen LogP contribution in [0, 0.1) is 5.82 Å². The first-order chi connectivity index (χ1) is 10.5. The largest absolute Gasteiger partial charge is 0.480 e. The molecule has 0 radical (unpaired) electrons. The van der Waals surface area contributed by atoms with Gasteiger partial charge in [-0.05, 0) is 37.0 Å². The van der Waals surface area contributed by atoms with Crippen LogP contribution < -0.4 is 5.32 Å². The molecule has 1 aromatic carbocycles. The summed E-state index contributed by atoms with van der Waals surface area (Å²) in [6.07, 6.45) is 4.16. The molecule has 0 bridgehead atoms. The number of carbonyl (C=O) groups excluding carboxylic acids is 1. The van der Waals surface area contributed by atoms with Gasteiger partial charge in [-0.15, -0.1) is 0 Å². The molecule has 1 saturated carbocycles. The molecular formula is C17H22FNO3. The molecule has 1 unspecified atom stereocenters. The van der Waals surface area contributed by atoms with Crippen molar-refractivity contribution < 1.29 is 19.1 Å². The van der Waals surface area contributed by atoms with Crippen molar-refractivity contribution >= 4 is 11.9 Å². The molecule has 1 fully saturated rings. The molecule has 120 valence electrons. The number of aliphatic carboxylic acids is 1. The second-order valence-corrected chi connectivity index (χ2v) is 5.95. The first-order valence-corrected chi connectivity index (χ1v) is 7.79. The summed E-state index contributed by atoms with van der Waals surface area (Å²) in [4.78, 5) is 23.9. The maximum atomic E-state index is 13.5. The van der Waals surface area contributed by atoms with Crippen molar-refractivity contribution in [3.63, 3.8) is 0 Å². The van der Waals surface area contributed by atoms with E-state index in [1.54, 1.807) is 12.1 Å². The summed E-state index contributed by atoms with van der Waals surface area (Å²) in [7, 11) is 0. The van der Waals surface area contributed by atoms with Gasteiger partial charge in [0, 0.05) is 0 Å². The van der Waals surface area contributed by atoms with Crippen LogP contribution in [-0.2, 0) is 15.0 Å². The van der Waals surface area contributed by atoms with Gasteiger partial charge >= 0.3 is 5.97 Å². The van der Waals surface area contributed by atoms with Crippen molar-refractivity contribution in [1.82, 2.24) is 5.32 Å². The van der Waals surface area contributed by atoms with Crippen molar-refractivity contribution in [2.24, 2.45) is 0 Å². The fraction of sp³-hybridized carbons (Fsp3) is 0.529. The standard InChI is InChI=1S/C17H22FNO3/c1-2-3-8-14(15(20)21)19-16(22)17(9-5-10-17)12-6-4-7-13(18)11-12/h4,6-7,11,14H,2-3,5,8-10H2,1H3,(H,19,22)(H,20,21). The van der Waals surface area contributed by atoms with Gasteiger partial charge in [0.25, 0.3) is 0 Å². The zero-order valence-corrected chi connectivity index (χ0v) is 12.8. The maximum absolute atomic E-state index is 13.5. The van der Waals surface area contributed by atoms with Crippen LogP contribution in [0.15, 0.2) is 24.3 Å². The Morgan fingerprint density at radius 3 is 2.64 bits per heavy atom. The van der Waals surface area contributed by atoms with E-state index in [-0.39, 0.29) is 11.7 Å². The second kappa shape index (κ2) is 6.90. The van der Waals surface area contributed by atoms with E-state index in [9.17, 15) is 19.1 Å². The number of unbranched alkanes of at least 4 members (excludes halogenated alkanes) is 1. The molecule has 2 rings (SSSR count). The van der Waals surface area contributed by atoms with Crippen LogP contribution in [0.25, 0.3) is 0 Å². The van der Waals surface area contributed by atoms with E-state index < -0.39 is 17.4 Å². The smallest absolute Gasteiger partial charge is 0.326 e. The van der Waals surface area contributed by atoms with Crippen molar-refractivity contribution in [3.8, 4) is 0 Å². The Morgan fingerprint density at radius 1 is 1.41 bits per heavy atom. The third-order valence-corrected chi connectivity index (χ3v) is 4.47. The van der Waals surface area contributed by atoms with Crippen LogP contribution in [0.2, 0.25) is 0 Å². The van der Waals surface area contributed by atoms with Gasteiger partial charge < -0.3 is 10.4 Å². The van der Waals surface area contributed by atoms with E-state index in [0.717, 1.165) is 19.3 Å². The number of halogens is 1. The molecule has 2 N–H and O–H groups in total. The minimum atomic E-state index is -1.02. The number of carboxylic acid groups (broad SMARTS) is 1. The van der Waals surface area contributed by atoms with Crippen LogP contribution in [0.4, 0.5) is 4.39 Å². The number of benzene rings is 1. The lowest BCUT2D eigenvalue weighted by atomic mass is 9.63.